The van der Waals surface area contributed by atoms with Gasteiger partial charge >= 0.3 is 12.1 Å². The molecule has 7 nitrogen and oxygen atoms in total. The van der Waals surface area contributed by atoms with Gasteiger partial charge in [-0.3, -0.25) is 9.69 Å². The summed E-state index contributed by atoms with van der Waals surface area (Å²) >= 11 is 12.2. The summed E-state index contributed by atoms with van der Waals surface area (Å²) in [5, 5.41) is 0.913. The summed E-state index contributed by atoms with van der Waals surface area (Å²) in [5.41, 5.74) is 0.0755. The quantitative estimate of drug-likeness (QED) is 0.221. The number of nitrogens with zero attached hydrogens (tertiary/aromatic N) is 1. The minimum absolute atomic E-state index is 0.0980. The average Bonchev–Trinajstić information content (AvgIpc) is 2.93. The first-order valence-electron chi connectivity index (χ1n) is 11.9. The number of alkyl halides is 3. The standard InChI is InChI=1S/C28H20Cl2F3NO6/c1-37-27(36)16-3-6-18(7-4-16)39-25-23(35)19-8-9-22-20(24(19)40-26(25)28(31,32)33)13-34(14-38-22)11-10-15-2-5-17(29)12-21(15)30/h2-9,12H,10-11,13-14H2,1H3. The SMILES string of the molecule is COC(=O)c1ccc(Oc2c(C(F)(F)F)oc3c4c(ccc3c2=O)OCN(CCc2ccc(Cl)cc2Cl)C4)cc1. The summed E-state index contributed by atoms with van der Waals surface area (Å²) in [6.07, 6.45) is -4.51. The fourth-order valence-corrected chi connectivity index (χ4v) is 4.82. The van der Waals surface area contributed by atoms with E-state index in [-0.39, 0.29) is 35.6 Å². The number of carbonyl (C=O) groups excluding carboxylic acids is 1. The number of rotatable bonds is 6. The summed E-state index contributed by atoms with van der Waals surface area (Å²) < 4.78 is 63.5. The van der Waals surface area contributed by atoms with Gasteiger partial charge in [0.15, 0.2) is 0 Å². The second kappa shape index (κ2) is 11.0. The van der Waals surface area contributed by atoms with Gasteiger partial charge in [-0.15, -0.1) is 0 Å². The number of methoxy groups -OCH3 is 1. The van der Waals surface area contributed by atoms with Crippen LogP contribution in [-0.2, 0) is 23.9 Å². The molecule has 12 heteroatoms. The van der Waals surface area contributed by atoms with E-state index in [0.717, 1.165) is 5.56 Å². The Morgan fingerprint density at radius 2 is 1.82 bits per heavy atom. The summed E-state index contributed by atoms with van der Waals surface area (Å²) in [4.78, 5) is 26.8. The molecular formula is C28H20Cl2F3NO6. The molecule has 0 saturated carbocycles. The number of benzene rings is 3. The summed E-state index contributed by atoms with van der Waals surface area (Å²) in [6, 6.07) is 13.1. The summed E-state index contributed by atoms with van der Waals surface area (Å²) in [6.45, 7) is 0.826. The topological polar surface area (TPSA) is 78.2 Å². The van der Waals surface area contributed by atoms with Crippen LogP contribution in [0.15, 0.2) is 63.8 Å². The lowest BCUT2D eigenvalue weighted by Gasteiger charge is -2.29. The third-order valence-corrected chi connectivity index (χ3v) is 6.92. The smallest absolute Gasteiger partial charge is 0.453 e. The van der Waals surface area contributed by atoms with Crippen LogP contribution in [0.1, 0.15) is 27.2 Å². The first-order chi connectivity index (χ1) is 19.0. The third-order valence-electron chi connectivity index (χ3n) is 6.33. The van der Waals surface area contributed by atoms with Crippen LogP contribution in [0.2, 0.25) is 10.0 Å². The second-order valence-electron chi connectivity index (χ2n) is 8.94. The Kier molecular flexibility index (Phi) is 7.67. The van der Waals surface area contributed by atoms with Crippen molar-refractivity contribution in [1.82, 2.24) is 4.90 Å². The van der Waals surface area contributed by atoms with Crippen molar-refractivity contribution in [1.29, 1.82) is 0 Å². The normalized spacial score (nSPS) is 13.6. The number of hydrogen-bond acceptors (Lipinski definition) is 7. The van der Waals surface area contributed by atoms with Gasteiger partial charge in [-0.2, -0.15) is 13.2 Å². The maximum atomic E-state index is 14.1. The fraction of sp³-hybridized carbons (Fsp3) is 0.214. The van der Waals surface area contributed by atoms with Crippen LogP contribution in [-0.4, -0.2) is 31.3 Å². The molecule has 0 amide bonds. The summed E-state index contributed by atoms with van der Waals surface area (Å²) in [7, 11) is 1.20. The van der Waals surface area contributed by atoms with Gasteiger partial charge in [0.1, 0.15) is 23.8 Å². The van der Waals surface area contributed by atoms with Crippen molar-refractivity contribution in [2.24, 2.45) is 0 Å². The summed E-state index contributed by atoms with van der Waals surface area (Å²) in [5.74, 6) is -3.02. The third kappa shape index (κ3) is 5.60. The molecule has 40 heavy (non-hydrogen) atoms. The minimum atomic E-state index is -5.04. The van der Waals surface area contributed by atoms with E-state index >= 15 is 0 Å². The van der Waals surface area contributed by atoms with Crippen molar-refractivity contribution in [3.8, 4) is 17.2 Å². The molecule has 4 aromatic rings. The zero-order valence-electron chi connectivity index (χ0n) is 20.8. The van der Waals surface area contributed by atoms with Gasteiger partial charge < -0.3 is 18.6 Å². The van der Waals surface area contributed by atoms with E-state index in [9.17, 15) is 22.8 Å². The van der Waals surface area contributed by atoms with Gasteiger partial charge in [-0.25, -0.2) is 4.79 Å². The molecule has 0 radical (unpaired) electrons. The number of ether oxygens (including phenoxy) is 3. The highest BCUT2D eigenvalue weighted by atomic mass is 35.5. The Bertz CT molecular complexity index is 1650. The fourth-order valence-electron chi connectivity index (χ4n) is 4.31. The highest BCUT2D eigenvalue weighted by Gasteiger charge is 2.41. The Hall–Kier alpha value is -3.73. The molecule has 5 rings (SSSR count). The van der Waals surface area contributed by atoms with Gasteiger partial charge in [0.25, 0.3) is 5.76 Å². The molecule has 0 saturated heterocycles. The molecule has 0 bridgehead atoms. The van der Waals surface area contributed by atoms with Crippen LogP contribution in [0.5, 0.6) is 17.2 Å². The number of esters is 1. The van der Waals surface area contributed by atoms with Crippen molar-refractivity contribution >= 4 is 40.1 Å². The Morgan fingerprint density at radius 1 is 1.07 bits per heavy atom. The average molecular weight is 594 g/mol. The van der Waals surface area contributed by atoms with E-state index in [1.807, 2.05) is 4.90 Å². The van der Waals surface area contributed by atoms with Crippen LogP contribution in [0, 0.1) is 0 Å². The van der Waals surface area contributed by atoms with Crippen molar-refractivity contribution in [3.63, 3.8) is 0 Å². The molecule has 3 aromatic carbocycles. The molecule has 0 atom stereocenters. The van der Waals surface area contributed by atoms with E-state index in [1.54, 1.807) is 18.2 Å². The highest BCUT2D eigenvalue weighted by Crippen LogP contribution is 2.41. The zero-order valence-corrected chi connectivity index (χ0v) is 22.3. The molecule has 1 aromatic heterocycles. The van der Waals surface area contributed by atoms with E-state index in [2.05, 4.69) is 4.74 Å². The molecule has 0 N–H and O–H groups in total. The lowest BCUT2D eigenvalue weighted by molar-refractivity contribution is -0.154. The molecule has 2 heterocycles. The van der Waals surface area contributed by atoms with Gasteiger partial charge in [0.05, 0.1) is 23.6 Å². The van der Waals surface area contributed by atoms with Crippen LogP contribution >= 0.6 is 23.2 Å². The van der Waals surface area contributed by atoms with E-state index < -0.39 is 29.1 Å². The number of halogens is 5. The van der Waals surface area contributed by atoms with Crippen molar-refractivity contribution in [2.75, 3.05) is 20.4 Å². The Labute approximate surface area is 235 Å². The highest BCUT2D eigenvalue weighted by molar-refractivity contribution is 6.35. The molecule has 0 aliphatic carbocycles. The van der Waals surface area contributed by atoms with E-state index in [4.69, 9.17) is 37.1 Å². The van der Waals surface area contributed by atoms with Crippen LogP contribution in [0.4, 0.5) is 13.2 Å². The molecular weight excluding hydrogens is 574 g/mol. The van der Waals surface area contributed by atoms with Crippen molar-refractivity contribution < 1.29 is 36.6 Å². The second-order valence-corrected chi connectivity index (χ2v) is 9.78. The van der Waals surface area contributed by atoms with Gasteiger partial charge in [-0.1, -0.05) is 29.3 Å². The predicted molar refractivity (Wildman–Crippen MR) is 141 cm³/mol. The molecule has 1 aliphatic heterocycles. The zero-order chi connectivity index (χ0) is 28.6. The van der Waals surface area contributed by atoms with E-state index in [0.29, 0.717) is 34.3 Å². The number of hydrogen-bond donors (Lipinski definition) is 0. The minimum Gasteiger partial charge on any atom is -0.478 e. The van der Waals surface area contributed by atoms with Crippen LogP contribution in [0.3, 0.4) is 0 Å². The van der Waals surface area contributed by atoms with Gasteiger partial charge in [-0.05, 0) is 60.5 Å². The molecule has 0 fully saturated rings. The molecule has 0 spiro atoms. The largest absolute Gasteiger partial charge is 0.478 e. The monoisotopic (exact) mass is 593 g/mol. The number of fused-ring (bicyclic) bond motifs is 3. The number of carbonyl (C=O) groups is 1. The van der Waals surface area contributed by atoms with Gasteiger partial charge in [0.2, 0.25) is 11.2 Å². The Morgan fingerprint density at radius 3 is 2.50 bits per heavy atom. The Balaban J connectivity index is 1.49. The predicted octanol–water partition coefficient (Wildman–Crippen LogP) is 7.09. The first-order valence-corrected chi connectivity index (χ1v) is 12.7. The molecule has 0 unspecified atom stereocenters. The lowest BCUT2D eigenvalue weighted by Crippen LogP contribution is -2.34. The van der Waals surface area contributed by atoms with Crippen molar-refractivity contribution in [2.45, 2.75) is 19.1 Å². The van der Waals surface area contributed by atoms with Gasteiger partial charge in [0, 0.05) is 23.1 Å². The maximum Gasteiger partial charge on any atom is 0.453 e. The lowest BCUT2D eigenvalue weighted by atomic mass is 10.1. The first kappa shape index (κ1) is 27.8. The molecule has 1 aliphatic rings. The molecule has 208 valence electrons. The van der Waals surface area contributed by atoms with Crippen molar-refractivity contribution in [3.05, 3.63) is 97.3 Å². The van der Waals surface area contributed by atoms with Crippen LogP contribution in [0.25, 0.3) is 11.0 Å². The van der Waals surface area contributed by atoms with E-state index in [1.165, 1.54) is 43.5 Å². The maximum absolute atomic E-state index is 14.1. The van der Waals surface area contributed by atoms with Crippen LogP contribution < -0.4 is 14.9 Å².